The molecule has 0 aliphatic carbocycles. The van der Waals surface area contributed by atoms with Gasteiger partial charge >= 0.3 is 0 Å². The predicted molar refractivity (Wildman–Crippen MR) is 64.2 cm³/mol. The van der Waals surface area contributed by atoms with Crippen molar-refractivity contribution in [3.63, 3.8) is 0 Å². The van der Waals surface area contributed by atoms with Crippen LogP contribution in [0.5, 0.6) is 5.75 Å². The highest BCUT2D eigenvalue weighted by Crippen LogP contribution is 2.20. The third-order valence-corrected chi connectivity index (χ3v) is 2.27. The topological polar surface area (TPSA) is 35.2 Å². The van der Waals surface area contributed by atoms with Crippen LogP contribution in [0.1, 0.15) is 25.3 Å². The van der Waals surface area contributed by atoms with Gasteiger partial charge in [-0.1, -0.05) is 25.6 Å². The standard InChI is InChI=1S/C13H19NO/c1-10(2)9-15-13-6-4-5-12(7-13)11(3)8-14/h4-7,11H,1,8-9,14H2,2-3H3. The summed E-state index contributed by atoms with van der Waals surface area (Å²) in [7, 11) is 0. The average Bonchev–Trinajstić information content (AvgIpc) is 2.25. The molecule has 0 spiro atoms. The van der Waals surface area contributed by atoms with Crippen molar-refractivity contribution in [2.75, 3.05) is 13.2 Å². The summed E-state index contributed by atoms with van der Waals surface area (Å²) in [4.78, 5) is 0. The highest BCUT2D eigenvalue weighted by molar-refractivity contribution is 5.31. The van der Waals surface area contributed by atoms with Crippen LogP contribution < -0.4 is 10.5 Å². The molecule has 1 atom stereocenters. The average molecular weight is 205 g/mol. The van der Waals surface area contributed by atoms with Gasteiger partial charge in [0.25, 0.3) is 0 Å². The van der Waals surface area contributed by atoms with Crippen molar-refractivity contribution in [1.29, 1.82) is 0 Å². The van der Waals surface area contributed by atoms with Crippen molar-refractivity contribution in [2.45, 2.75) is 19.8 Å². The Morgan fingerprint density at radius 3 is 2.87 bits per heavy atom. The molecule has 0 aliphatic heterocycles. The van der Waals surface area contributed by atoms with E-state index >= 15 is 0 Å². The number of ether oxygens (including phenoxy) is 1. The van der Waals surface area contributed by atoms with E-state index in [9.17, 15) is 0 Å². The summed E-state index contributed by atoms with van der Waals surface area (Å²) >= 11 is 0. The zero-order valence-corrected chi connectivity index (χ0v) is 9.49. The summed E-state index contributed by atoms with van der Waals surface area (Å²) in [6.45, 7) is 9.09. The summed E-state index contributed by atoms with van der Waals surface area (Å²) in [6, 6.07) is 8.07. The summed E-state index contributed by atoms with van der Waals surface area (Å²) in [5, 5.41) is 0. The van der Waals surface area contributed by atoms with Crippen molar-refractivity contribution in [3.8, 4) is 5.75 Å². The molecule has 2 nitrogen and oxygen atoms in total. The normalized spacial score (nSPS) is 12.2. The number of nitrogens with two attached hydrogens (primary N) is 1. The van der Waals surface area contributed by atoms with Crippen molar-refractivity contribution in [1.82, 2.24) is 0 Å². The van der Waals surface area contributed by atoms with E-state index in [-0.39, 0.29) is 0 Å². The molecule has 82 valence electrons. The van der Waals surface area contributed by atoms with E-state index < -0.39 is 0 Å². The van der Waals surface area contributed by atoms with Gasteiger partial charge < -0.3 is 10.5 Å². The molecule has 0 bridgehead atoms. The molecule has 1 aromatic rings. The first kappa shape index (κ1) is 11.8. The summed E-state index contributed by atoms with van der Waals surface area (Å²) in [5.74, 6) is 1.26. The van der Waals surface area contributed by atoms with Crippen molar-refractivity contribution < 1.29 is 4.74 Å². The Morgan fingerprint density at radius 1 is 1.53 bits per heavy atom. The third-order valence-electron chi connectivity index (χ3n) is 2.27. The van der Waals surface area contributed by atoms with E-state index in [2.05, 4.69) is 19.6 Å². The van der Waals surface area contributed by atoms with Gasteiger partial charge in [0.1, 0.15) is 12.4 Å². The van der Waals surface area contributed by atoms with Gasteiger partial charge in [-0.3, -0.25) is 0 Å². The Balaban J connectivity index is 2.69. The number of hydrogen-bond acceptors (Lipinski definition) is 2. The summed E-state index contributed by atoms with van der Waals surface area (Å²) < 4.78 is 5.56. The van der Waals surface area contributed by atoms with E-state index in [4.69, 9.17) is 10.5 Å². The van der Waals surface area contributed by atoms with Crippen LogP contribution in [0.15, 0.2) is 36.4 Å². The van der Waals surface area contributed by atoms with Crippen LogP contribution in [0.2, 0.25) is 0 Å². The van der Waals surface area contributed by atoms with Crippen LogP contribution in [0.4, 0.5) is 0 Å². The molecule has 0 aliphatic rings. The number of benzene rings is 1. The van der Waals surface area contributed by atoms with Crippen molar-refractivity contribution in [2.24, 2.45) is 5.73 Å². The van der Waals surface area contributed by atoms with Gasteiger partial charge in [0.2, 0.25) is 0 Å². The first-order valence-corrected chi connectivity index (χ1v) is 5.20. The second-order valence-corrected chi connectivity index (χ2v) is 3.96. The first-order chi connectivity index (χ1) is 7.13. The molecule has 0 saturated carbocycles. The molecule has 0 amide bonds. The molecule has 0 aromatic heterocycles. The number of rotatable bonds is 5. The van der Waals surface area contributed by atoms with Gasteiger partial charge in [0.05, 0.1) is 0 Å². The maximum atomic E-state index is 5.62. The molecule has 1 aromatic carbocycles. The van der Waals surface area contributed by atoms with E-state index in [0.29, 0.717) is 19.1 Å². The van der Waals surface area contributed by atoms with Crippen molar-refractivity contribution in [3.05, 3.63) is 42.0 Å². The van der Waals surface area contributed by atoms with Gasteiger partial charge in [-0.15, -0.1) is 0 Å². The lowest BCUT2D eigenvalue weighted by Gasteiger charge is -2.11. The van der Waals surface area contributed by atoms with Crippen LogP contribution in [-0.2, 0) is 0 Å². The maximum absolute atomic E-state index is 5.62. The Bertz CT molecular complexity index is 333. The monoisotopic (exact) mass is 205 g/mol. The summed E-state index contributed by atoms with van der Waals surface area (Å²) in [5.41, 5.74) is 7.86. The highest BCUT2D eigenvalue weighted by Gasteiger charge is 2.03. The molecular weight excluding hydrogens is 186 g/mol. The van der Waals surface area contributed by atoms with Gasteiger partial charge in [-0.05, 0) is 42.7 Å². The Labute approximate surface area is 91.7 Å². The van der Waals surface area contributed by atoms with Crippen molar-refractivity contribution >= 4 is 0 Å². The zero-order valence-electron chi connectivity index (χ0n) is 9.49. The molecule has 0 radical (unpaired) electrons. The fourth-order valence-electron chi connectivity index (χ4n) is 1.25. The smallest absolute Gasteiger partial charge is 0.120 e. The lowest BCUT2D eigenvalue weighted by Crippen LogP contribution is -2.09. The highest BCUT2D eigenvalue weighted by atomic mass is 16.5. The molecule has 2 N–H and O–H groups in total. The minimum absolute atomic E-state index is 0.373. The molecule has 0 fully saturated rings. The van der Waals surface area contributed by atoms with Gasteiger partial charge in [0.15, 0.2) is 0 Å². The fraction of sp³-hybridized carbons (Fsp3) is 0.385. The molecule has 0 heterocycles. The summed E-state index contributed by atoms with van der Waals surface area (Å²) in [6.07, 6.45) is 0. The Kier molecular flexibility index (Phi) is 4.37. The molecule has 2 heteroatoms. The first-order valence-electron chi connectivity index (χ1n) is 5.20. The van der Waals surface area contributed by atoms with Crippen LogP contribution in [0.3, 0.4) is 0 Å². The SMILES string of the molecule is C=C(C)COc1cccc(C(C)CN)c1. The maximum Gasteiger partial charge on any atom is 0.120 e. The third kappa shape index (κ3) is 3.76. The number of hydrogen-bond donors (Lipinski definition) is 1. The van der Waals surface area contributed by atoms with Crippen LogP contribution in [0.25, 0.3) is 0 Å². The van der Waals surface area contributed by atoms with Gasteiger partial charge in [-0.2, -0.15) is 0 Å². The van der Waals surface area contributed by atoms with Crippen LogP contribution in [0, 0.1) is 0 Å². The molecule has 15 heavy (non-hydrogen) atoms. The second kappa shape index (κ2) is 5.56. The molecular formula is C13H19NO. The van der Waals surface area contributed by atoms with Crippen LogP contribution >= 0.6 is 0 Å². The largest absolute Gasteiger partial charge is 0.489 e. The Hall–Kier alpha value is -1.28. The zero-order chi connectivity index (χ0) is 11.3. The molecule has 1 rings (SSSR count). The van der Waals surface area contributed by atoms with Crippen LogP contribution in [-0.4, -0.2) is 13.2 Å². The van der Waals surface area contributed by atoms with Gasteiger partial charge in [-0.25, -0.2) is 0 Å². The lowest BCUT2D eigenvalue weighted by molar-refractivity contribution is 0.352. The van der Waals surface area contributed by atoms with E-state index in [1.165, 1.54) is 5.56 Å². The predicted octanol–water partition coefficient (Wildman–Crippen LogP) is 2.70. The van der Waals surface area contributed by atoms with Gasteiger partial charge in [0, 0.05) is 0 Å². The second-order valence-electron chi connectivity index (χ2n) is 3.96. The minimum Gasteiger partial charge on any atom is -0.489 e. The Morgan fingerprint density at radius 2 is 2.27 bits per heavy atom. The lowest BCUT2D eigenvalue weighted by atomic mass is 10.0. The van der Waals surface area contributed by atoms with E-state index in [1.54, 1.807) is 0 Å². The minimum atomic E-state index is 0.373. The quantitative estimate of drug-likeness (QED) is 0.750. The van der Waals surface area contributed by atoms with E-state index in [1.807, 2.05) is 25.1 Å². The van der Waals surface area contributed by atoms with E-state index in [0.717, 1.165) is 11.3 Å². The molecule has 0 saturated heterocycles. The fourth-order valence-corrected chi connectivity index (χ4v) is 1.25. The molecule has 1 unspecified atom stereocenters.